The molecule has 6 saturated heterocycles. The average molecular weight is 1290 g/mol. The second-order valence-electron chi connectivity index (χ2n) is 25.9. The molecule has 0 saturated carbocycles. The number of imide groups is 6. The molecule has 13 rings (SSSR count). The van der Waals surface area contributed by atoms with Gasteiger partial charge in [-0.05, 0) is 143 Å². The van der Waals surface area contributed by atoms with Crippen molar-refractivity contribution in [3.05, 3.63) is 99.9 Å². The van der Waals surface area contributed by atoms with Crippen LogP contribution in [0, 0.1) is 40.6 Å². The number of benzene rings is 3. The number of carbonyl (C=O) groups excluding carboxylic acids is 11. The number of amides is 12. The van der Waals surface area contributed by atoms with Gasteiger partial charge in [-0.1, -0.05) is 0 Å². The van der Waals surface area contributed by atoms with Crippen LogP contribution < -0.4 is 46.6 Å². The van der Waals surface area contributed by atoms with Crippen molar-refractivity contribution in [2.45, 2.75) is 122 Å². The Bertz CT molecular complexity index is 3830. The van der Waals surface area contributed by atoms with E-state index in [2.05, 4.69) is 41.8 Å². The quantitative estimate of drug-likeness (QED) is 0.114. The van der Waals surface area contributed by atoms with Gasteiger partial charge in [-0.3, -0.25) is 70.3 Å². The first-order valence-corrected chi connectivity index (χ1v) is 30.4. The number of aromatic nitrogens is 2. The zero-order valence-corrected chi connectivity index (χ0v) is 53.0. The summed E-state index contributed by atoms with van der Waals surface area (Å²) in [7, 11) is 7.47. The third-order valence-electron chi connectivity index (χ3n) is 18.9. The summed E-state index contributed by atoms with van der Waals surface area (Å²) in [6.07, 6.45) is 1.01. The van der Waals surface area contributed by atoms with Gasteiger partial charge in [0.15, 0.2) is 39.4 Å². The minimum Gasteiger partial charge on any atom is -0.372 e. The van der Waals surface area contributed by atoms with Crippen molar-refractivity contribution in [3.63, 3.8) is 0 Å². The molecule has 0 aliphatic carbocycles. The molecule has 12 amide bonds. The molecule has 0 radical (unpaired) electrons. The van der Waals surface area contributed by atoms with E-state index in [1.54, 1.807) is 20.2 Å². The number of anilines is 3. The SMILES string of the molecule is CC(=O)c1cc2c(c(F)c1F)N1C[C@@H](CN(C)C)O[C@@H](C)[C@@H]1C1(C2)C(=O)NC(=O)NC1=O.CC(=O)c1cc2c(cc1F)N1C[C@@H](CN(C)C)O[C@@H](C)[C@@H]1C1(C2)C(=O)NC(=O)NC1=O.Cc1cn(-c2ccc3c(c2)CC2(C(=O)NC(=O)NC2=O)[C@H]2[C@H](C)O[C@H](C)CN32)cn1. The Balaban J connectivity index is 0.000000143. The van der Waals surface area contributed by atoms with E-state index in [9.17, 15) is 61.5 Å². The standard InChI is InChI=1S/C21H24F2N4O5.C21H25FN4O5.C21H23N5O4/c1-9(28)13-5-11-6-21(18(29)24-20(31)25-19(21)30)17-10(2)32-12(7-26(3)4)8-27(17)16(11)15(23)14(13)22;1-10(27)14-5-12-7-21(18(28)23-20(30)24-19(21)29)17-11(2)31-13(8-25(3)4)9-26(17)16(12)6-15(14)22;1-11-8-25(10-22-11)15-4-5-16-14(6-15)7-21(18(27)23-20(29)24-19(21)28)17-13(3)30-12(2)9-26(16)17/h5,10,12,17H,6-8H2,1-4H3,(H2,24,25,29,30,31);5-6,11,13,17H,7-9H2,1-4H3,(H2,23,24,28,29,30);4-6,8,10,12-13,17H,7,9H2,1-3H3,(H2,23,24,27,28,29)/t10-,12+,17+;11-,13+,17+;12-,13+,17-/m001/s1. The Kier molecular flexibility index (Phi) is 17.0. The summed E-state index contributed by atoms with van der Waals surface area (Å²) in [5.74, 6) is -8.58. The number of rotatable bonds is 7. The van der Waals surface area contributed by atoms with Gasteiger partial charge >= 0.3 is 18.1 Å². The summed E-state index contributed by atoms with van der Waals surface area (Å²) >= 11 is 0. The second-order valence-corrected chi connectivity index (χ2v) is 25.9. The molecule has 1 aromatic heterocycles. The van der Waals surface area contributed by atoms with Crippen LogP contribution in [0.2, 0.25) is 0 Å². The predicted molar refractivity (Wildman–Crippen MR) is 324 cm³/mol. The number of likely N-dealkylation sites (N-methyl/N-ethyl adjacent to an activating group) is 2. The van der Waals surface area contributed by atoms with Crippen LogP contribution in [0.1, 0.15) is 84.6 Å². The van der Waals surface area contributed by atoms with E-state index in [4.69, 9.17) is 14.2 Å². The number of carbonyl (C=O) groups is 11. The number of imidazole rings is 1. The van der Waals surface area contributed by atoms with Crippen LogP contribution in [-0.2, 0) is 62.2 Å². The van der Waals surface area contributed by atoms with E-state index in [1.807, 2.05) is 92.6 Å². The van der Waals surface area contributed by atoms with E-state index in [0.29, 0.717) is 37.4 Å². The Hall–Kier alpha value is -8.97. The molecule has 6 N–H and O–H groups in total. The van der Waals surface area contributed by atoms with E-state index in [1.165, 1.54) is 30.0 Å². The van der Waals surface area contributed by atoms with Gasteiger partial charge in [-0.15, -0.1) is 0 Å². The number of morpholine rings is 3. The molecule has 93 heavy (non-hydrogen) atoms. The van der Waals surface area contributed by atoms with Crippen LogP contribution in [0.3, 0.4) is 0 Å². The average Bonchev–Trinajstić information content (AvgIpc) is 0.792. The normalized spacial score (nSPS) is 26.9. The first kappa shape index (κ1) is 65.5. The summed E-state index contributed by atoms with van der Waals surface area (Å²) in [6.45, 7) is 13.5. The minimum absolute atomic E-state index is 0.0634. The van der Waals surface area contributed by atoms with Crippen molar-refractivity contribution in [2.24, 2.45) is 16.2 Å². The lowest BCUT2D eigenvalue weighted by Crippen LogP contribution is -2.75. The monoisotopic (exact) mass is 1290 g/mol. The van der Waals surface area contributed by atoms with Crippen molar-refractivity contribution in [2.75, 3.05) is 75.6 Å². The van der Waals surface area contributed by atoms with Gasteiger partial charge in [0, 0.05) is 62.4 Å². The van der Waals surface area contributed by atoms with Crippen LogP contribution in [0.15, 0.2) is 48.9 Å². The third-order valence-corrected chi connectivity index (χ3v) is 18.9. The highest BCUT2D eigenvalue weighted by atomic mass is 19.2. The highest BCUT2D eigenvalue weighted by molar-refractivity contribution is 6.22. The highest BCUT2D eigenvalue weighted by Gasteiger charge is 2.66. The maximum Gasteiger partial charge on any atom is 0.328 e. The molecule has 494 valence electrons. The molecule has 6 fully saturated rings. The van der Waals surface area contributed by atoms with Crippen LogP contribution in [0.5, 0.6) is 0 Å². The number of hydrogen-bond acceptors (Lipinski definition) is 20. The lowest BCUT2D eigenvalue weighted by Gasteiger charge is -2.56. The number of hydrogen-bond donors (Lipinski definition) is 6. The maximum atomic E-state index is 15.3. The molecule has 10 heterocycles. The van der Waals surface area contributed by atoms with Gasteiger partial charge in [0.1, 0.15) is 5.82 Å². The first-order valence-electron chi connectivity index (χ1n) is 30.4. The Morgan fingerprint density at radius 1 is 0.548 bits per heavy atom. The fraction of sp³-hybridized carbons (Fsp3) is 0.492. The van der Waals surface area contributed by atoms with Gasteiger partial charge < -0.3 is 43.3 Å². The van der Waals surface area contributed by atoms with Gasteiger partial charge in [0.05, 0.1) is 83.6 Å². The molecule has 30 heteroatoms. The van der Waals surface area contributed by atoms with E-state index in [-0.39, 0.29) is 60.9 Å². The Morgan fingerprint density at radius 3 is 1.42 bits per heavy atom. The lowest BCUT2D eigenvalue weighted by atomic mass is 9.66. The van der Waals surface area contributed by atoms with Crippen molar-refractivity contribution in [1.29, 1.82) is 0 Å². The molecule has 0 unspecified atom stereocenters. The van der Waals surface area contributed by atoms with Crippen LogP contribution in [0.25, 0.3) is 5.69 Å². The number of barbiturate groups is 3. The highest BCUT2D eigenvalue weighted by Crippen LogP contribution is 2.51. The van der Waals surface area contributed by atoms with Crippen LogP contribution in [-0.4, -0.2) is 200 Å². The van der Waals surface area contributed by atoms with Gasteiger partial charge in [-0.2, -0.15) is 0 Å². The number of Topliss-reactive ketones (excluding diaryl/α,β-unsaturated/α-hetero) is 2. The van der Waals surface area contributed by atoms with Gasteiger partial charge in [0.2, 0.25) is 35.4 Å². The van der Waals surface area contributed by atoms with Gasteiger partial charge in [0.25, 0.3) is 0 Å². The number of nitrogens with zero attached hydrogens (tertiary/aromatic N) is 7. The number of ketones is 2. The summed E-state index contributed by atoms with van der Waals surface area (Å²) in [4.78, 5) is 151. The maximum absolute atomic E-state index is 15.3. The smallest absolute Gasteiger partial charge is 0.328 e. The fourth-order valence-electron chi connectivity index (χ4n) is 15.5. The topological polar surface area (TPSA) is 322 Å². The zero-order valence-electron chi connectivity index (χ0n) is 53.0. The number of urea groups is 3. The Labute approximate surface area is 531 Å². The molecule has 9 aliphatic heterocycles. The summed E-state index contributed by atoms with van der Waals surface area (Å²) in [6, 6.07) is 5.01. The van der Waals surface area contributed by atoms with Crippen molar-refractivity contribution >= 4 is 82.2 Å². The van der Waals surface area contributed by atoms with Crippen LogP contribution >= 0.6 is 0 Å². The van der Waals surface area contributed by atoms with Gasteiger partial charge in [-0.25, -0.2) is 32.5 Å². The number of nitrogens with one attached hydrogen (secondary N) is 6. The molecule has 9 atom stereocenters. The summed E-state index contributed by atoms with van der Waals surface area (Å²) in [5.41, 5.74) is -0.811. The summed E-state index contributed by atoms with van der Waals surface area (Å²) < 4.78 is 65.0. The fourth-order valence-corrected chi connectivity index (χ4v) is 15.5. The number of fused-ring (bicyclic) bond motifs is 12. The number of halogens is 3. The molecule has 4 aromatic rings. The molecule has 27 nitrogen and oxygen atoms in total. The minimum atomic E-state index is -1.83. The molecular formula is C63H72F3N13O14. The zero-order chi connectivity index (χ0) is 67.4. The number of ether oxygens (including phenoxy) is 3. The van der Waals surface area contributed by atoms with Crippen molar-refractivity contribution < 1.29 is 80.1 Å². The lowest BCUT2D eigenvalue weighted by molar-refractivity contribution is -0.155. The Morgan fingerprint density at radius 2 is 0.968 bits per heavy atom. The predicted octanol–water partition coefficient (Wildman–Crippen LogP) is 2.13. The molecule has 9 aliphatic rings. The second kappa shape index (κ2) is 24.2. The number of aryl methyl sites for hydroxylation is 1. The molecular weight excluding hydrogens is 1220 g/mol. The molecule has 3 spiro atoms. The molecule has 0 bridgehead atoms. The summed E-state index contributed by atoms with van der Waals surface area (Å²) in [5, 5.41) is 13.3. The van der Waals surface area contributed by atoms with Crippen molar-refractivity contribution in [1.82, 2.24) is 51.3 Å². The van der Waals surface area contributed by atoms with E-state index < -0.39 is 141 Å². The van der Waals surface area contributed by atoms with Crippen molar-refractivity contribution in [3.8, 4) is 5.69 Å². The largest absolute Gasteiger partial charge is 0.372 e. The van der Waals surface area contributed by atoms with E-state index in [0.717, 1.165) is 29.6 Å². The first-order chi connectivity index (χ1) is 43.8. The third kappa shape index (κ3) is 11.1. The van der Waals surface area contributed by atoms with Crippen LogP contribution in [0.4, 0.5) is 44.6 Å². The molecule has 3 aromatic carbocycles. The van der Waals surface area contributed by atoms with E-state index >= 15 is 4.39 Å².